The second kappa shape index (κ2) is 4.85. The summed E-state index contributed by atoms with van der Waals surface area (Å²) in [6.45, 7) is 2.66. The standard InChI is InChI=1S/C12H21N5O/c1-13-7-11-14-15-12(18-11)17-6-5-9-3-4-10(8-17)16(9)2/h9-10,13H,3-8H2,1-2H3. The summed E-state index contributed by atoms with van der Waals surface area (Å²) in [7, 11) is 4.12. The van der Waals surface area contributed by atoms with Crippen molar-refractivity contribution in [2.75, 3.05) is 32.1 Å². The minimum atomic E-state index is 0.632. The van der Waals surface area contributed by atoms with Crippen molar-refractivity contribution in [3.63, 3.8) is 0 Å². The van der Waals surface area contributed by atoms with Gasteiger partial charge in [-0.3, -0.25) is 4.90 Å². The number of rotatable bonds is 3. The van der Waals surface area contributed by atoms with E-state index in [1.165, 1.54) is 19.3 Å². The van der Waals surface area contributed by atoms with Crippen LogP contribution in [0.1, 0.15) is 25.2 Å². The van der Waals surface area contributed by atoms with Gasteiger partial charge in [0.1, 0.15) is 0 Å². The molecule has 2 unspecified atom stereocenters. The zero-order valence-electron chi connectivity index (χ0n) is 11.1. The van der Waals surface area contributed by atoms with E-state index < -0.39 is 0 Å². The summed E-state index contributed by atoms with van der Waals surface area (Å²) in [5, 5.41) is 11.2. The third kappa shape index (κ3) is 2.10. The second-order valence-electron chi connectivity index (χ2n) is 5.29. The number of nitrogens with zero attached hydrogens (tertiary/aromatic N) is 4. The monoisotopic (exact) mass is 251 g/mol. The Hall–Kier alpha value is -1.14. The highest BCUT2D eigenvalue weighted by molar-refractivity contribution is 5.26. The first-order valence-corrected chi connectivity index (χ1v) is 6.72. The molecule has 1 N–H and O–H groups in total. The molecule has 0 saturated carbocycles. The maximum absolute atomic E-state index is 5.68. The Balaban J connectivity index is 1.72. The molecule has 1 aromatic rings. The number of nitrogens with one attached hydrogen (secondary N) is 1. The molecule has 6 nitrogen and oxygen atoms in total. The number of hydrogen-bond acceptors (Lipinski definition) is 6. The Morgan fingerprint density at radius 3 is 2.94 bits per heavy atom. The van der Waals surface area contributed by atoms with Gasteiger partial charge in [0, 0.05) is 25.2 Å². The van der Waals surface area contributed by atoms with Gasteiger partial charge in [0.05, 0.1) is 6.54 Å². The molecule has 2 fully saturated rings. The molecule has 18 heavy (non-hydrogen) atoms. The van der Waals surface area contributed by atoms with Crippen LogP contribution in [0.4, 0.5) is 6.01 Å². The third-order valence-electron chi connectivity index (χ3n) is 4.20. The summed E-state index contributed by atoms with van der Waals surface area (Å²) < 4.78 is 5.68. The van der Waals surface area contributed by atoms with Crippen molar-refractivity contribution in [2.24, 2.45) is 0 Å². The zero-order chi connectivity index (χ0) is 12.5. The molecule has 2 aliphatic heterocycles. The van der Waals surface area contributed by atoms with Crippen LogP contribution in [0.15, 0.2) is 4.42 Å². The summed E-state index contributed by atoms with van der Waals surface area (Å²) >= 11 is 0. The first kappa shape index (κ1) is 11.9. The van der Waals surface area contributed by atoms with Gasteiger partial charge in [-0.15, -0.1) is 5.10 Å². The van der Waals surface area contributed by atoms with Gasteiger partial charge in [0.25, 0.3) is 0 Å². The van der Waals surface area contributed by atoms with Gasteiger partial charge in [-0.1, -0.05) is 5.10 Å². The van der Waals surface area contributed by atoms with E-state index >= 15 is 0 Å². The lowest BCUT2D eigenvalue weighted by Gasteiger charge is -2.24. The van der Waals surface area contributed by atoms with Crippen molar-refractivity contribution in [3.8, 4) is 0 Å². The predicted octanol–water partition coefficient (Wildman–Crippen LogP) is 0.462. The van der Waals surface area contributed by atoms with Crippen molar-refractivity contribution in [3.05, 3.63) is 5.89 Å². The first-order chi connectivity index (χ1) is 8.78. The molecule has 0 amide bonds. The summed E-state index contributed by atoms with van der Waals surface area (Å²) in [6, 6.07) is 2.05. The van der Waals surface area contributed by atoms with E-state index in [1.807, 2.05) is 7.05 Å². The van der Waals surface area contributed by atoms with Crippen molar-refractivity contribution in [1.29, 1.82) is 0 Å². The molecule has 3 heterocycles. The quantitative estimate of drug-likeness (QED) is 0.842. The van der Waals surface area contributed by atoms with Gasteiger partial charge >= 0.3 is 6.01 Å². The van der Waals surface area contributed by atoms with Crippen LogP contribution in [0.3, 0.4) is 0 Å². The number of aromatic nitrogens is 2. The fourth-order valence-corrected chi connectivity index (χ4v) is 3.08. The molecule has 0 spiro atoms. The van der Waals surface area contributed by atoms with Gasteiger partial charge in [0.15, 0.2) is 0 Å². The average molecular weight is 251 g/mol. The van der Waals surface area contributed by atoms with Crippen LogP contribution in [0.5, 0.6) is 0 Å². The van der Waals surface area contributed by atoms with Gasteiger partial charge in [-0.2, -0.15) is 0 Å². The summed E-state index contributed by atoms with van der Waals surface area (Å²) in [5.41, 5.74) is 0. The van der Waals surface area contributed by atoms with E-state index in [9.17, 15) is 0 Å². The summed E-state index contributed by atoms with van der Waals surface area (Å²) in [6.07, 6.45) is 3.82. The van der Waals surface area contributed by atoms with Crippen LogP contribution in [0.2, 0.25) is 0 Å². The smallest absolute Gasteiger partial charge is 0.318 e. The summed E-state index contributed by atoms with van der Waals surface area (Å²) in [4.78, 5) is 4.76. The van der Waals surface area contributed by atoms with Crippen LogP contribution in [-0.2, 0) is 6.54 Å². The predicted molar refractivity (Wildman–Crippen MR) is 68.5 cm³/mol. The molecule has 2 saturated heterocycles. The number of fused-ring (bicyclic) bond motifs is 2. The summed E-state index contributed by atoms with van der Waals surface area (Å²) in [5.74, 6) is 0.662. The van der Waals surface area contributed by atoms with Crippen molar-refractivity contribution >= 4 is 6.01 Å². The van der Waals surface area contributed by atoms with Crippen LogP contribution in [-0.4, -0.2) is 54.4 Å². The van der Waals surface area contributed by atoms with Crippen LogP contribution >= 0.6 is 0 Å². The van der Waals surface area contributed by atoms with Gasteiger partial charge in [-0.25, -0.2) is 0 Å². The Morgan fingerprint density at radius 1 is 1.28 bits per heavy atom. The van der Waals surface area contributed by atoms with Crippen molar-refractivity contribution < 1.29 is 4.42 Å². The van der Waals surface area contributed by atoms with E-state index in [2.05, 4.69) is 32.4 Å². The minimum Gasteiger partial charge on any atom is -0.407 e. The molecule has 0 aliphatic carbocycles. The van der Waals surface area contributed by atoms with Crippen LogP contribution in [0, 0.1) is 0 Å². The highest BCUT2D eigenvalue weighted by Crippen LogP contribution is 2.30. The molecule has 0 aromatic carbocycles. The van der Waals surface area contributed by atoms with Crippen molar-refractivity contribution in [1.82, 2.24) is 20.4 Å². The van der Waals surface area contributed by atoms with Gasteiger partial charge in [-0.05, 0) is 33.4 Å². The molecule has 3 rings (SSSR count). The molecule has 1 aromatic heterocycles. The normalized spacial score (nSPS) is 28.7. The zero-order valence-corrected chi connectivity index (χ0v) is 11.1. The van der Waals surface area contributed by atoms with Crippen LogP contribution < -0.4 is 10.2 Å². The second-order valence-corrected chi connectivity index (χ2v) is 5.29. The maximum atomic E-state index is 5.68. The fourth-order valence-electron chi connectivity index (χ4n) is 3.08. The largest absolute Gasteiger partial charge is 0.407 e. The Bertz CT molecular complexity index is 407. The highest BCUT2D eigenvalue weighted by Gasteiger charge is 2.35. The molecule has 2 bridgehead atoms. The molecule has 2 aliphatic rings. The molecular weight excluding hydrogens is 230 g/mol. The number of hydrogen-bond donors (Lipinski definition) is 1. The minimum absolute atomic E-state index is 0.632. The van der Waals surface area contributed by atoms with Gasteiger partial charge < -0.3 is 14.6 Å². The molecule has 6 heteroatoms. The SMILES string of the molecule is CNCc1nnc(N2CCC3CCC(C2)N3C)o1. The molecule has 2 atom stereocenters. The number of likely N-dealkylation sites (N-methyl/N-ethyl adjacent to an activating group) is 1. The lowest BCUT2D eigenvalue weighted by atomic mass is 10.1. The average Bonchev–Trinajstić information content (AvgIpc) is 2.87. The molecular formula is C12H21N5O. The maximum Gasteiger partial charge on any atom is 0.318 e. The van der Waals surface area contributed by atoms with E-state index in [4.69, 9.17) is 4.42 Å². The van der Waals surface area contributed by atoms with Gasteiger partial charge in [0.2, 0.25) is 5.89 Å². The number of anilines is 1. The third-order valence-corrected chi connectivity index (χ3v) is 4.20. The first-order valence-electron chi connectivity index (χ1n) is 6.72. The van der Waals surface area contributed by atoms with E-state index in [0.29, 0.717) is 24.5 Å². The Kier molecular flexibility index (Phi) is 3.22. The van der Waals surface area contributed by atoms with E-state index in [0.717, 1.165) is 19.1 Å². The molecule has 0 radical (unpaired) electrons. The Morgan fingerprint density at radius 2 is 2.11 bits per heavy atom. The topological polar surface area (TPSA) is 57.4 Å². The lowest BCUT2D eigenvalue weighted by Crippen LogP contribution is -2.36. The van der Waals surface area contributed by atoms with E-state index in [1.54, 1.807) is 0 Å². The highest BCUT2D eigenvalue weighted by atomic mass is 16.4. The lowest BCUT2D eigenvalue weighted by molar-refractivity contribution is 0.254. The molecule has 100 valence electrons. The Labute approximate surface area is 107 Å². The van der Waals surface area contributed by atoms with Crippen molar-refractivity contribution in [2.45, 2.75) is 37.9 Å². The van der Waals surface area contributed by atoms with E-state index in [-0.39, 0.29) is 0 Å². The van der Waals surface area contributed by atoms with Crippen LogP contribution in [0.25, 0.3) is 0 Å². The fraction of sp³-hybridized carbons (Fsp3) is 0.833.